The van der Waals surface area contributed by atoms with Crippen molar-refractivity contribution < 1.29 is 4.74 Å². The second-order valence-corrected chi connectivity index (χ2v) is 5.86. The highest BCUT2D eigenvalue weighted by atomic mass is 32.1. The summed E-state index contributed by atoms with van der Waals surface area (Å²) >= 11 is 5.53. The van der Waals surface area contributed by atoms with E-state index in [4.69, 9.17) is 17.0 Å². The second kappa shape index (κ2) is 4.74. The molecule has 4 heteroatoms. The van der Waals surface area contributed by atoms with Crippen LogP contribution >= 0.6 is 12.2 Å². The molecule has 0 bridgehead atoms. The number of methoxy groups -OCH3 is 1. The minimum absolute atomic E-state index is 0.445. The zero-order valence-electron chi connectivity index (χ0n) is 11.7. The predicted octanol–water partition coefficient (Wildman–Crippen LogP) is 4.44. The number of rotatable bonds is 3. The van der Waals surface area contributed by atoms with E-state index in [1.807, 2.05) is 12.1 Å². The van der Waals surface area contributed by atoms with E-state index >= 15 is 0 Å². The molecule has 2 aromatic carbocycles. The Morgan fingerprint density at radius 3 is 2.71 bits per heavy atom. The van der Waals surface area contributed by atoms with Crippen LogP contribution in [0.5, 0.6) is 5.75 Å². The molecule has 1 aliphatic carbocycles. The summed E-state index contributed by atoms with van der Waals surface area (Å²) in [5, 5.41) is 0. The van der Waals surface area contributed by atoms with Crippen LogP contribution in [0, 0.1) is 4.77 Å². The lowest BCUT2D eigenvalue weighted by atomic mass is 10.1. The summed E-state index contributed by atoms with van der Waals surface area (Å²) in [5.74, 6) is 1.40. The van der Waals surface area contributed by atoms with E-state index in [2.05, 4.69) is 45.9 Å². The fraction of sp³-hybridized carbons (Fsp3) is 0.235. The number of aromatic amines is 1. The maximum Gasteiger partial charge on any atom is 0.178 e. The molecule has 1 aliphatic rings. The van der Waals surface area contributed by atoms with Gasteiger partial charge < -0.3 is 14.3 Å². The number of H-pyrrole nitrogens is 1. The van der Waals surface area contributed by atoms with E-state index in [-0.39, 0.29) is 0 Å². The third kappa shape index (κ3) is 1.98. The fourth-order valence-electron chi connectivity index (χ4n) is 3.15. The van der Waals surface area contributed by atoms with E-state index in [0.29, 0.717) is 12.0 Å². The van der Waals surface area contributed by atoms with E-state index < -0.39 is 0 Å². The predicted molar refractivity (Wildman–Crippen MR) is 86.5 cm³/mol. The normalized spacial score (nSPS) is 20.6. The maximum absolute atomic E-state index is 5.53. The van der Waals surface area contributed by atoms with E-state index in [9.17, 15) is 0 Å². The molecular weight excluding hydrogens is 280 g/mol. The van der Waals surface area contributed by atoms with Crippen molar-refractivity contribution in [2.45, 2.75) is 18.4 Å². The van der Waals surface area contributed by atoms with Crippen molar-refractivity contribution in [3.63, 3.8) is 0 Å². The number of aromatic nitrogens is 2. The first kappa shape index (κ1) is 12.7. The van der Waals surface area contributed by atoms with Gasteiger partial charge in [0, 0.05) is 12.0 Å². The summed E-state index contributed by atoms with van der Waals surface area (Å²) in [6, 6.07) is 17.2. The largest absolute Gasteiger partial charge is 0.494 e. The molecule has 2 atom stereocenters. The smallest absolute Gasteiger partial charge is 0.178 e. The third-order valence-corrected chi connectivity index (χ3v) is 4.55. The molecule has 3 nitrogen and oxygen atoms in total. The molecular formula is C17H16N2OS. The van der Waals surface area contributed by atoms with Gasteiger partial charge in [0.2, 0.25) is 0 Å². The van der Waals surface area contributed by atoms with Gasteiger partial charge >= 0.3 is 0 Å². The van der Waals surface area contributed by atoms with Crippen molar-refractivity contribution >= 4 is 23.3 Å². The molecule has 1 fully saturated rings. The number of fused-ring (bicyclic) bond motifs is 1. The van der Waals surface area contributed by atoms with Gasteiger partial charge in [-0.15, -0.1) is 0 Å². The first-order valence-corrected chi connectivity index (χ1v) is 7.52. The van der Waals surface area contributed by atoms with Crippen LogP contribution in [0.1, 0.15) is 23.9 Å². The fourth-order valence-corrected chi connectivity index (χ4v) is 3.48. The topological polar surface area (TPSA) is 29.9 Å². The van der Waals surface area contributed by atoms with Gasteiger partial charge in [-0.05, 0) is 36.3 Å². The number of para-hydroxylation sites is 1. The molecule has 0 aliphatic heterocycles. The monoisotopic (exact) mass is 296 g/mol. The minimum Gasteiger partial charge on any atom is -0.494 e. The number of hydrogen-bond acceptors (Lipinski definition) is 2. The van der Waals surface area contributed by atoms with E-state index in [0.717, 1.165) is 28.0 Å². The SMILES string of the molecule is COc1cccc2c1[nH]c(=S)n2C1CC1c1ccccc1. The maximum atomic E-state index is 5.53. The summed E-state index contributed by atoms with van der Waals surface area (Å²) in [5.41, 5.74) is 3.51. The molecule has 1 saturated carbocycles. The number of hydrogen-bond donors (Lipinski definition) is 1. The third-order valence-electron chi connectivity index (χ3n) is 4.25. The standard InChI is InChI=1S/C17H16N2OS/c1-20-15-9-5-8-13-16(15)18-17(21)19(13)14-10-12(14)11-6-3-2-4-7-11/h2-9,12,14H,10H2,1H3,(H,18,21). The zero-order valence-corrected chi connectivity index (χ0v) is 12.6. The van der Waals surface area contributed by atoms with Gasteiger partial charge in [-0.2, -0.15) is 0 Å². The Labute approximate surface area is 128 Å². The van der Waals surface area contributed by atoms with Crippen LogP contribution in [0.25, 0.3) is 11.0 Å². The van der Waals surface area contributed by atoms with Crippen molar-refractivity contribution in [2.75, 3.05) is 7.11 Å². The zero-order chi connectivity index (χ0) is 14.4. The molecule has 1 aromatic heterocycles. The Hall–Kier alpha value is -2.07. The second-order valence-electron chi connectivity index (χ2n) is 5.47. The summed E-state index contributed by atoms with van der Waals surface area (Å²) in [4.78, 5) is 3.29. The van der Waals surface area contributed by atoms with E-state index in [1.165, 1.54) is 5.56 Å². The number of nitrogens with one attached hydrogen (secondary N) is 1. The highest BCUT2D eigenvalue weighted by Gasteiger charge is 2.41. The highest BCUT2D eigenvalue weighted by molar-refractivity contribution is 7.71. The van der Waals surface area contributed by atoms with Crippen LogP contribution in [0.3, 0.4) is 0 Å². The molecule has 0 spiro atoms. The molecule has 0 saturated heterocycles. The molecule has 4 rings (SSSR count). The first-order chi connectivity index (χ1) is 10.3. The number of benzene rings is 2. The van der Waals surface area contributed by atoms with Crippen LogP contribution in [0.2, 0.25) is 0 Å². The van der Waals surface area contributed by atoms with Crippen LogP contribution in [0.4, 0.5) is 0 Å². The Morgan fingerprint density at radius 1 is 1.14 bits per heavy atom. The van der Waals surface area contributed by atoms with Crippen molar-refractivity contribution in [3.05, 3.63) is 58.9 Å². The lowest BCUT2D eigenvalue weighted by molar-refractivity contribution is 0.419. The van der Waals surface area contributed by atoms with Gasteiger partial charge in [0.05, 0.1) is 12.6 Å². The molecule has 1 heterocycles. The Balaban J connectivity index is 1.79. The van der Waals surface area contributed by atoms with Crippen molar-refractivity contribution in [2.24, 2.45) is 0 Å². The molecule has 3 aromatic rings. The number of ether oxygens (including phenoxy) is 1. The van der Waals surface area contributed by atoms with Gasteiger partial charge in [-0.1, -0.05) is 36.4 Å². The summed E-state index contributed by atoms with van der Waals surface area (Å²) in [6.45, 7) is 0. The molecule has 1 N–H and O–H groups in total. The lowest BCUT2D eigenvalue weighted by Crippen LogP contribution is -1.96. The average molecular weight is 296 g/mol. The molecule has 0 amide bonds. The van der Waals surface area contributed by atoms with Gasteiger partial charge in [0.25, 0.3) is 0 Å². The van der Waals surface area contributed by atoms with Crippen molar-refractivity contribution in [3.8, 4) is 5.75 Å². The van der Waals surface area contributed by atoms with Crippen LogP contribution in [-0.2, 0) is 0 Å². The summed E-state index contributed by atoms with van der Waals surface area (Å²) in [6.07, 6.45) is 1.14. The first-order valence-electron chi connectivity index (χ1n) is 7.12. The number of imidazole rings is 1. The molecule has 106 valence electrons. The lowest BCUT2D eigenvalue weighted by Gasteiger charge is -2.05. The van der Waals surface area contributed by atoms with Crippen molar-refractivity contribution in [1.82, 2.24) is 9.55 Å². The Bertz CT molecular complexity index is 850. The van der Waals surface area contributed by atoms with Gasteiger partial charge in [0.1, 0.15) is 11.3 Å². The summed E-state index contributed by atoms with van der Waals surface area (Å²) < 4.78 is 8.43. The van der Waals surface area contributed by atoms with Crippen LogP contribution in [-0.4, -0.2) is 16.7 Å². The Kier molecular flexibility index (Phi) is 2.86. The Morgan fingerprint density at radius 2 is 1.95 bits per heavy atom. The number of nitrogens with zero attached hydrogens (tertiary/aromatic N) is 1. The van der Waals surface area contributed by atoms with Gasteiger partial charge in [0.15, 0.2) is 4.77 Å². The minimum atomic E-state index is 0.445. The van der Waals surface area contributed by atoms with Crippen molar-refractivity contribution in [1.29, 1.82) is 0 Å². The van der Waals surface area contributed by atoms with Gasteiger partial charge in [-0.25, -0.2) is 0 Å². The van der Waals surface area contributed by atoms with E-state index in [1.54, 1.807) is 7.11 Å². The van der Waals surface area contributed by atoms with Crippen LogP contribution in [0.15, 0.2) is 48.5 Å². The molecule has 21 heavy (non-hydrogen) atoms. The molecule has 0 radical (unpaired) electrons. The quantitative estimate of drug-likeness (QED) is 0.724. The average Bonchev–Trinajstić information content (AvgIpc) is 3.23. The summed E-state index contributed by atoms with van der Waals surface area (Å²) in [7, 11) is 1.69. The highest BCUT2D eigenvalue weighted by Crippen LogP contribution is 2.52. The molecule has 2 unspecified atom stereocenters. The van der Waals surface area contributed by atoms with Crippen LogP contribution < -0.4 is 4.74 Å². The van der Waals surface area contributed by atoms with Gasteiger partial charge in [-0.3, -0.25) is 0 Å².